The molecular weight excluding hydrogens is 1600 g/mol. The number of carbonyl (C=O) groups excluding carboxylic acids is 5. The van der Waals surface area contributed by atoms with E-state index in [0.717, 1.165) is 44.2 Å². The standard InChI is InChI=1S/2C25H27ClFN3O5.C17H21IN2O4.C7H7ClFN.CO.ClH.Li/c2*1-3-4-10-34-22-20-24(33)29-13(2)12-35-25(29)17-9-8-16(30(17)20)18(21(22)31)23(32)28-11-14-6-5-7-15(26)19(14)27;1-3-4-7-23-15-13-16(22)19-9(2)8-24-17(19)11-6-5-10(20(11)13)12(18)14(15)21;8-6-3-1-2-5(4-10)7(6)9;1-2;;/h2*5-7,13,17,25H,3-4,8-12H2,1-2H3,(H,28,32);9,11,17H,3-8H2,1-2H3;1-3H,4,10H2;;1H;/q;;;;;;+1/p-1/t2*13-,17?,25?;9-,11?,17?;;;;/m111..../s1. The van der Waals surface area contributed by atoms with Crippen molar-refractivity contribution < 1.29 is 101 Å². The van der Waals surface area contributed by atoms with Crippen LogP contribution in [-0.4, -0.2) is 134 Å². The summed E-state index contributed by atoms with van der Waals surface area (Å²) >= 11 is 19.3. The fourth-order valence-electron chi connectivity index (χ4n) is 15.2. The third-order valence-corrected chi connectivity index (χ3v) is 22.3. The van der Waals surface area contributed by atoms with E-state index in [1.54, 1.807) is 48.1 Å². The van der Waals surface area contributed by atoms with Crippen LogP contribution in [0.3, 0.4) is 0 Å². The Morgan fingerprint density at radius 3 is 1.17 bits per heavy atom. The first-order valence-corrected chi connectivity index (χ1v) is 37.8. The fourth-order valence-corrected chi connectivity index (χ4v) is 16.5. The van der Waals surface area contributed by atoms with Crippen LogP contribution in [0.5, 0.6) is 17.2 Å². The van der Waals surface area contributed by atoms with Crippen LogP contribution >= 0.6 is 57.4 Å². The molecular formula is C75H82Cl4F3ILiN9O15. The molecule has 5 amide bonds. The Bertz CT molecular complexity index is 4460. The first-order valence-electron chi connectivity index (χ1n) is 35.6. The van der Waals surface area contributed by atoms with Gasteiger partial charge >= 0.3 is 30.2 Å². The number of hydrogen-bond donors (Lipinski definition) is 3. The Kier molecular flexibility index (Phi) is 29.1. The van der Waals surface area contributed by atoms with Crippen molar-refractivity contribution >= 4 is 86.9 Å². The normalized spacial score (nSPS) is 21.4. The number of unbranched alkanes of at least 4 members (excludes halogenated alkanes) is 3. The molecule has 9 aliphatic rings. The molecule has 9 atom stereocenters. The molecule has 9 aliphatic heterocycles. The molecule has 33 heteroatoms. The van der Waals surface area contributed by atoms with Crippen molar-refractivity contribution in [2.45, 2.75) is 193 Å². The average Bonchev–Trinajstić information content (AvgIpc) is 1.65. The summed E-state index contributed by atoms with van der Waals surface area (Å²) in [4.78, 5) is 112. The number of fused-ring (bicyclic) bond motifs is 6. The Morgan fingerprint density at radius 2 is 0.843 bits per heavy atom. The van der Waals surface area contributed by atoms with Gasteiger partial charge in [-0.15, -0.1) is 0 Å². The van der Waals surface area contributed by atoms with E-state index in [9.17, 15) is 51.5 Å². The molecule has 0 aliphatic carbocycles. The van der Waals surface area contributed by atoms with Crippen LogP contribution in [0, 0.1) is 27.7 Å². The van der Waals surface area contributed by atoms with Gasteiger partial charge in [0.25, 0.3) is 29.5 Å². The second-order valence-corrected chi connectivity index (χ2v) is 29.3. The molecule has 12 heterocycles. The van der Waals surface area contributed by atoms with Crippen LogP contribution in [0.15, 0.2) is 69.0 Å². The number of nitrogens with zero attached hydrogens (tertiary/aromatic N) is 6. The Balaban J connectivity index is 0.000000174. The van der Waals surface area contributed by atoms with Gasteiger partial charge in [0.15, 0.2) is 53.0 Å². The SMILES string of the molecule is CCCCOc1c2n3c(c(C(=O)NCc4cccc(Cl)c4F)c1=O)CCC3C1OC[C@@H](C)N1C2=O.CCCCOc1c2n3c(c(C(=O)NCc4cccc(Cl)c4F)c1=O)CCC3C1OC[C@@H](C)N1C2=O.CCCCOc1c2n3c(c(I)c1=O)CCC3C1OC[C@@H](C)N1C2=O.NCc1cccc(Cl)c1F.[C-]#[O+].[Cl-].[Li+]. The molecule has 0 radical (unpaired) electrons. The zero-order chi connectivity index (χ0) is 76.3. The van der Waals surface area contributed by atoms with E-state index in [0.29, 0.717) is 91.2 Å². The van der Waals surface area contributed by atoms with Crippen molar-refractivity contribution in [3.05, 3.63) is 190 Å². The van der Waals surface area contributed by atoms with E-state index in [-0.39, 0.29) is 196 Å². The van der Waals surface area contributed by atoms with Gasteiger partial charge in [0, 0.05) is 53.4 Å². The molecule has 0 saturated carbocycles. The van der Waals surface area contributed by atoms with E-state index in [2.05, 4.69) is 46.8 Å². The van der Waals surface area contributed by atoms with Gasteiger partial charge in [-0.1, -0.05) is 111 Å². The second-order valence-electron chi connectivity index (χ2n) is 27.0. The van der Waals surface area contributed by atoms with Crippen LogP contribution in [0.2, 0.25) is 15.1 Å². The number of benzene rings is 3. The van der Waals surface area contributed by atoms with Gasteiger partial charge in [-0.05, 0) is 119 Å². The minimum Gasteiger partial charge on any atom is -1.00 e. The predicted octanol–water partition coefficient (Wildman–Crippen LogP) is 5.10. The summed E-state index contributed by atoms with van der Waals surface area (Å²) in [5.74, 6) is -3.70. The zero-order valence-corrected chi connectivity index (χ0v) is 65.8. The maximum absolute atomic E-state index is 14.3. The van der Waals surface area contributed by atoms with Gasteiger partial charge in [-0.2, -0.15) is 0 Å². The first kappa shape index (κ1) is 85.1. The van der Waals surface area contributed by atoms with Crippen LogP contribution < -0.4 is 78.1 Å². The molecule has 3 aromatic heterocycles. The Morgan fingerprint density at radius 1 is 0.537 bits per heavy atom. The summed E-state index contributed by atoms with van der Waals surface area (Å²) in [6.45, 7) is 18.6. The molecule has 6 aromatic rings. The third-order valence-electron chi connectivity index (χ3n) is 20.3. The zero-order valence-electron chi connectivity index (χ0n) is 60.6. The molecule has 4 N–H and O–H groups in total. The number of amides is 5. The van der Waals surface area contributed by atoms with Gasteiger partial charge in [0.1, 0.15) is 28.6 Å². The summed E-state index contributed by atoms with van der Waals surface area (Å²) in [7, 11) is 0. The van der Waals surface area contributed by atoms with Crippen LogP contribution in [0.4, 0.5) is 13.2 Å². The predicted molar refractivity (Wildman–Crippen MR) is 393 cm³/mol. The van der Waals surface area contributed by atoms with Gasteiger partial charge in [-0.25, -0.2) is 13.2 Å². The third kappa shape index (κ3) is 16.0. The van der Waals surface area contributed by atoms with Crippen molar-refractivity contribution in [2.24, 2.45) is 5.73 Å². The summed E-state index contributed by atoms with van der Waals surface area (Å²) < 4.78 is 90.5. The molecule has 3 saturated heterocycles. The van der Waals surface area contributed by atoms with E-state index >= 15 is 0 Å². The minimum atomic E-state index is -0.642. The number of hydrogen-bond acceptors (Lipinski definition) is 15. The summed E-state index contributed by atoms with van der Waals surface area (Å²) in [5, 5.41) is 5.33. The smallest absolute Gasteiger partial charge is 1.00 e. The Labute approximate surface area is 668 Å². The number of ether oxygens (including phenoxy) is 6. The van der Waals surface area contributed by atoms with Gasteiger partial charge in [0.2, 0.25) is 16.3 Å². The van der Waals surface area contributed by atoms with E-state index in [4.69, 9.17) is 73.6 Å². The van der Waals surface area contributed by atoms with Crippen molar-refractivity contribution in [3.63, 3.8) is 0 Å². The van der Waals surface area contributed by atoms with Gasteiger partial charge in [-0.3, -0.25) is 38.4 Å². The van der Waals surface area contributed by atoms with Crippen LogP contribution in [0.25, 0.3) is 0 Å². The summed E-state index contributed by atoms with van der Waals surface area (Å²) in [6, 6.07) is 13.3. The molecule has 0 bridgehead atoms. The molecule has 6 unspecified atom stereocenters. The van der Waals surface area contributed by atoms with Crippen LogP contribution in [-0.2, 0) is 57.8 Å². The van der Waals surface area contributed by atoms with Crippen molar-refractivity contribution in [3.8, 4) is 17.2 Å². The van der Waals surface area contributed by atoms with Crippen molar-refractivity contribution in [1.82, 2.24) is 39.0 Å². The van der Waals surface area contributed by atoms with Crippen LogP contribution in [0.1, 0.15) is 203 Å². The quantitative estimate of drug-likeness (QED) is 0.0313. The number of aromatic nitrogens is 3. The number of nitrogens with two attached hydrogens (primary N) is 1. The van der Waals surface area contributed by atoms with E-state index < -0.39 is 52.6 Å². The van der Waals surface area contributed by atoms with Crippen molar-refractivity contribution in [2.75, 3.05) is 39.6 Å². The molecule has 108 heavy (non-hydrogen) atoms. The molecule has 15 rings (SSSR count). The topological polar surface area (TPSA) is 286 Å². The maximum atomic E-state index is 14.3. The van der Waals surface area contributed by atoms with E-state index in [1.807, 2.05) is 39.2 Å². The number of halogens is 8. The summed E-state index contributed by atoms with van der Waals surface area (Å²) in [5.41, 5.74) is 7.30. The van der Waals surface area contributed by atoms with Gasteiger partial charge in [0.05, 0.1) is 94.5 Å². The number of rotatable bonds is 19. The minimum absolute atomic E-state index is 0. The van der Waals surface area contributed by atoms with E-state index in [1.165, 1.54) is 30.3 Å². The molecule has 3 fully saturated rings. The van der Waals surface area contributed by atoms with Crippen molar-refractivity contribution in [1.29, 1.82) is 0 Å². The summed E-state index contributed by atoms with van der Waals surface area (Å²) in [6.07, 6.45) is 7.60. The molecule has 574 valence electrons. The van der Waals surface area contributed by atoms with Gasteiger partial charge < -0.3 is 85.6 Å². The monoisotopic (exact) mass is 1680 g/mol. The fraction of sp³-hybridized carbons (Fsp3) is 0.480. The largest absolute Gasteiger partial charge is 1.00 e. The Hall–Kier alpha value is -6.88. The first-order chi connectivity index (χ1) is 51.0. The number of pyridine rings is 3. The molecule has 0 spiro atoms. The number of carbonyl (C=O) groups is 5. The average molecular weight is 1680 g/mol. The maximum Gasteiger partial charge on any atom is 1.00 e. The second kappa shape index (κ2) is 37.0. The number of nitrogens with one attached hydrogen (secondary N) is 2. The molecule has 3 aromatic carbocycles. The molecule has 24 nitrogen and oxygen atoms in total.